The number of fused-ring (bicyclic) bond motifs is 1. The Balaban J connectivity index is 1.93. The van der Waals surface area contributed by atoms with E-state index in [-0.39, 0.29) is 5.91 Å². The topological polar surface area (TPSA) is 70.7 Å². The predicted molar refractivity (Wildman–Crippen MR) is 89.5 cm³/mol. The van der Waals surface area contributed by atoms with Crippen LogP contribution in [-0.4, -0.2) is 20.9 Å². The van der Waals surface area contributed by atoms with Gasteiger partial charge in [-0.3, -0.25) is 9.78 Å². The van der Waals surface area contributed by atoms with Crippen LogP contribution in [0.5, 0.6) is 0 Å². The predicted octanol–water partition coefficient (Wildman–Crippen LogP) is 3.27. The summed E-state index contributed by atoms with van der Waals surface area (Å²) in [6, 6.07) is 9.75. The van der Waals surface area contributed by atoms with E-state index in [1.165, 1.54) is 0 Å². The van der Waals surface area contributed by atoms with Crippen molar-refractivity contribution in [2.75, 3.05) is 5.32 Å². The van der Waals surface area contributed by atoms with Gasteiger partial charge in [0.05, 0.1) is 17.6 Å². The second-order valence-electron chi connectivity index (χ2n) is 5.39. The molecule has 0 spiro atoms. The summed E-state index contributed by atoms with van der Waals surface area (Å²) in [7, 11) is 0. The van der Waals surface area contributed by atoms with Gasteiger partial charge in [0.25, 0.3) is 5.91 Å². The number of rotatable bonds is 2. The van der Waals surface area contributed by atoms with E-state index in [4.69, 9.17) is 0 Å². The van der Waals surface area contributed by atoms with Crippen molar-refractivity contribution in [3.05, 3.63) is 66.0 Å². The summed E-state index contributed by atoms with van der Waals surface area (Å²) in [5.41, 5.74) is 6.09. The Labute approximate surface area is 133 Å². The number of H-pyrrole nitrogens is 1. The van der Waals surface area contributed by atoms with Crippen LogP contribution >= 0.6 is 0 Å². The number of nitrogens with one attached hydrogen (secondary N) is 2. The highest BCUT2D eigenvalue weighted by Gasteiger charge is 2.27. The maximum atomic E-state index is 12.4. The van der Waals surface area contributed by atoms with Crippen molar-refractivity contribution in [1.29, 1.82) is 0 Å². The lowest BCUT2D eigenvalue weighted by atomic mass is 9.95. The first-order chi connectivity index (χ1) is 11.2. The van der Waals surface area contributed by atoms with Gasteiger partial charge >= 0.3 is 0 Å². The minimum Gasteiger partial charge on any atom is -0.348 e. The molecule has 2 aromatic heterocycles. The Morgan fingerprint density at radius 1 is 1.13 bits per heavy atom. The molecule has 0 saturated carbocycles. The van der Waals surface area contributed by atoms with Gasteiger partial charge in [0.15, 0.2) is 0 Å². The van der Waals surface area contributed by atoms with Crippen LogP contribution in [0.4, 0.5) is 5.69 Å². The summed E-state index contributed by atoms with van der Waals surface area (Å²) in [6.45, 7) is 1.93. The highest BCUT2D eigenvalue weighted by Crippen LogP contribution is 2.40. The highest BCUT2D eigenvalue weighted by atomic mass is 16.2. The van der Waals surface area contributed by atoms with Crippen LogP contribution in [0.3, 0.4) is 0 Å². The van der Waals surface area contributed by atoms with Gasteiger partial charge in [0.2, 0.25) is 0 Å². The number of aryl methyl sites for hydroxylation is 1. The summed E-state index contributed by atoms with van der Waals surface area (Å²) >= 11 is 0. The first kappa shape index (κ1) is 13.5. The number of carbonyl (C=O) groups is 1. The number of nitrogens with zero attached hydrogens (tertiary/aromatic N) is 2. The van der Waals surface area contributed by atoms with Crippen LogP contribution in [0.2, 0.25) is 0 Å². The molecule has 0 radical (unpaired) electrons. The molecule has 0 atom stereocenters. The number of aromatic nitrogens is 3. The van der Waals surface area contributed by atoms with Crippen LogP contribution in [0.1, 0.15) is 17.0 Å². The summed E-state index contributed by atoms with van der Waals surface area (Å²) in [5, 5.41) is 2.93. The van der Waals surface area contributed by atoms with E-state index in [2.05, 4.69) is 20.3 Å². The van der Waals surface area contributed by atoms with Gasteiger partial charge in [-0.25, -0.2) is 4.98 Å². The number of benzene rings is 1. The fourth-order valence-electron chi connectivity index (χ4n) is 2.81. The maximum absolute atomic E-state index is 12.4. The number of amides is 1. The molecule has 1 aliphatic rings. The van der Waals surface area contributed by atoms with E-state index in [9.17, 15) is 4.79 Å². The molecule has 1 aliphatic heterocycles. The average molecular weight is 302 g/mol. The third-order valence-corrected chi connectivity index (χ3v) is 3.97. The van der Waals surface area contributed by atoms with Crippen LogP contribution in [0.25, 0.3) is 22.8 Å². The molecule has 5 heteroatoms. The number of imidazole rings is 1. The van der Waals surface area contributed by atoms with Gasteiger partial charge < -0.3 is 10.3 Å². The molecule has 0 aliphatic carbocycles. The van der Waals surface area contributed by atoms with Gasteiger partial charge in [0, 0.05) is 29.3 Å². The number of hydrogen-bond donors (Lipinski definition) is 2. The van der Waals surface area contributed by atoms with Crippen molar-refractivity contribution in [2.24, 2.45) is 0 Å². The number of carbonyl (C=O) groups excluding carboxylic acids is 1. The fourth-order valence-corrected chi connectivity index (χ4v) is 2.81. The van der Waals surface area contributed by atoms with Gasteiger partial charge in [-0.05, 0) is 42.3 Å². The molecule has 0 saturated heterocycles. The normalized spacial score (nSPS) is 14.8. The van der Waals surface area contributed by atoms with Crippen molar-refractivity contribution in [2.45, 2.75) is 6.92 Å². The van der Waals surface area contributed by atoms with E-state index < -0.39 is 0 Å². The van der Waals surface area contributed by atoms with Crippen LogP contribution in [-0.2, 0) is 4.79 Å². The molecule has 1 amide bonds. The highest BCUT2D eigenvalue weighted by molar-refractivity contribution is 6.36. The van der Waals surface area contributed by atoms with Gasteiger partial charge in [-0.1, -0.05) is 12.1 Å². The van der Waals surface area contributed by atoms with E-state index in [1.54, 1.807) is 18.7 Å². The molecule has 0 bridgehead atoms. The molecule has 4 rings (SSSR count). The van der Waals surface area contributed by atoms with Crippen molar-refractivity contribution >= 4 is 23.2 Å². The van der Waals surface area contributed by atoms with Crippen molar-refractivity contribution in [3.8, 4) is 11.1 Å². The van der Waals surface area contributed by atoms with Gasteiger partial charge in [-0.2, -0.15) is 0 Å². The molecule has 2 N–H and O–H groups in total. The SMILES string of the molecule is Cc1[nH]cnc1/C=C1\C(=O)Nc2cccc(-c3ccncc3)c21. The van der Waals surface area contributed by atoms with E-state index in [0.717, 1.165) is 33.8 Å². The summed E-state index contributed by atoms with van der Waals surface area (Å²) in [4.78, 5) is 23.8. The smallest absolute Gasteiger partial charge is 0.256 e. The second-order valence-corrected chi connectivity index (χ2v) is 5.39. The van der Waals surface area contributed by atoms with Crippen molar-refractivity contribution < 1.29 is 4.79 Å². The zero-order valence-electron chi connectivity index (χ0n) is 12.5. The number of hydrogen-bond acceptors (Lipinski definition) is 3. The number of anilines is 1. The molecule has 5 nitrogen and oxygen atoms in total. The molecule has 112 valence electrons. The average Bonchev–Trinajstić information content (AvgIpc) is 3.12. The Morgan fingerprint density at radius 3 is 2.70 bits per heavy atom. The standard InChI is InChI=1S/C18H14N4O/c1-11-16(21-10-20-11)9-14-17-13(12-5-7-19-8-6-12)3-2-4-15(17)22-18(14)23/h2-10H,1H3,(H,20,21)(H,22,23)/b14-9-. The largest absolute Gasteiger partial charge is 0.348 e. The van der Waals surface area contributed by atoms with Gasteiger partial charge in [-0.15, -0.1) is 0 Å². The first-order valence-electron chi connectivity index (χ1n) is 7.31. The first-order valence-corrected chi connectivity index (χ1v) is 7.31. The lowest BCUT2D eigenvalue weighted by molar-refractivity contribution is -0.110. The fraction of sp³-hybridized carbons (Fsp3) is 0.0556. The molecular formula is C18H14N4O. The van der Waals surface area contributed by atoms with Gasteiger partial charge in [0.1, 0.15) is 0 Å². The number of aromatic amines is 1. The second kappa shape index (κ2) is 5.21. The van der Waals surface area contributed by atoms with E-state index in [0.29, 0.717) is 5.57 Å². The summed E-state index contributed by atoms with van der Waals surface area (Å²) in [6.07, 6.45) is 6.96. The lowest BCUT2D eigenvalue weighted by Gasteiger charge is -2.08. The summed E-state index contributed by atoms with van der Waals surface area (Å²) in [5.74, 6) is -0.107. The maximum Gasteiger partial charge on any atom is 0.256 e. The van der Waals surface area contributed by atoms with Crippen LogP contribution < -0.4 is 5.32 Å². The quantitative estimate of drug-likeness (QED) is 0.714. The van der Waals surface area contributed by atoms with E-state index in [1.807, 2.05) is 43.3 Å². The minimum absolute atomic E-state index is 0.107. The number of pyridine rings is 1. The zero-order valence-corrected chi connectivity index (χ0v) is 12.5. The minimum atomic E-state index is -0.107. The Hall–Kier alpha value is -3.21. The van der Waals surface area contributed by atoms with Crippen LogP contribution in [0, 0.1) is 6.92 Å². The van der Waals surface area contributed by atoms with Crippen molar-refractivity contribution in [3.63, 3.8) is 0 Å². The Morgan fingerprint density at radius 2 is 1.96 bits per heavy atom. The Bertz CT molecular complexity index is 925. The molecule has 3 heterocycles. The molecule has 1 aromatic carbocycles. The third kappa shape index (κ3) is 2.23. The zero-order chi connectivity index (χ0) is 15.8. The monoisotopic (exact) mass is 302 g/mol. The molecule has 0 unspecified atom stereocenters. The van der Waals surface area contributed by atoms with Crippen LogP contribution in [0.15, 0.2) is 49.1 Å². The Kier molecular flexibility index (Phi) is 3.05. The van der Waals surface area contributed by atoms with Crippen molar-refractivity contribution in [1.82, 2.24) is 15.0 Å². The lowest BCUT2D eigenvalue weighted by Crippen LogP contribution is -2.03. The molecule has 3 aromatic rings. The molecule has 23 heavy (non-hydrogen) atoms. The molecule has 0 fully saturated rings. The molecular weight excluding hydrogens is 288 g/mol. The van der Waals surface area contributed by atoms with E-state index >= 15 is 0 Å². The third-order valence-electron chi connectivity index (χ3n) is 3.97. The summed E-state index contributed by atoms with van der Waals surface area (Å²) < 4.78 is 0.